The van der Waals surface area contributed by atoms with Gasteiger partial charge in [-0.2, -0.15) is 0 Å². The molecule has 1 aromatic rings. The van der Waals surface area contributed by atoms with Gasteiger partial charge in [0.15, 0.2) is 5.11 Å². The van der Waals surface area contributed by atoms with E-state index in [4.69, 9.17) is 23.8 Å². The van der Waals surface area contributed by atoms with Gasteiger partial charge in [-0.3, -0.25) is 0 Å². The molecule has 0 spiro atoms. The fourth-order valence-corrected chi connectivity index (χ4v) is 2.77. The van der Waals surface area contributed by atoms with Gasteiger partial charge in [0, 0.05) is 17.3 Å². The van der Waals surface area contributed by atoms with Crippen LogP contribution in [0.5, 0.6) is 0 Å². The molecule has 0 aromatic heterocycles. The third-order valence-corrected chi connectivity index (χ3v) is 3.75. The molecule has 0 unspecified atom stereocenters. The maximum atomic E-state index is 9.37. The molecular formula is C13H17ClN2OS. The van der Waals surface area contributed by atoms with E-state index in [1.165, 1.54) is 0 Å². The Bertz CT molecular complexity index is 427. The SMILES string of the molecule is OC[C@H]1CCCCN1C(=S)Nc1cccc(Cl)c1. The van der Waals surface area contributed by atoms with Gasteiger partial charge in [0.05, 0.1) is 12.6 Å². The standard InChI is InChI=1S/C13H17ClN2OS/c14-10-4-3-5-11(8-10)15-13(18)16-7-2-1-6-12(16)9-17/h3-5,8,12,17H,1-2,6-7,9H2,(H,15,18)/t12-/m1/s1. The van der Waals surface area contributed by atoms with Crippen LogP contribution in [0.3, 0.4) is 0 Å². The third-order valence-electron chi connectivity index (χ3n) is 3.17. The number of nitrogens with one attached hydrogen (secondary N) is 1. The zero-order valence-electron chi connectivity index (χ0n) is 10.1. The van der Waals surface area contributed by atoms with Crippen LogP contribution in [-0.4, -0.2) is 34.3 Å². The molecule has 3 nitrogen and oxygen atoms in total. The van der Waals surface area contributed by atoms with Crippen molar-refractivity contribution in [3.8, 4) is 0 Å². The number of nitrogens with zero attached hydrogens (tertiary/aromatic N) is 1. The fraction of sp³-hybridized carbons (Fsp3) is 0.462. The Morgan fingerprint density at radius 2 is 2.33 bits per heavy atom. The van der Waals surface area contributed by atoms with E-state index in [0.29, 0.717) is 10.1 Å². The highest BCUT2D eigenvalue weighted by Crippen LogP contribution is 2.20. The highest BCUT2D eigenvalue weighted by atomic mass is 35.5. The summed E-state index contributed by atoms with van der Waals surface area (Å²) < 4.78 is 0. The van der Waals surface area contributed by atoms with Crippen LogP contribution in [0.25, 0.3) is 0 Å². The van der Waals surface area contributed by atoms with E-state index in [1.807, 2.05) is 24.3 Å². The number of hydrogen-bond donors (Lipinski definition) is 2. The van der Waals surface area contributed by atoms with Gasteiger partial charge >= 0.3 is 0 Å². The van der Waals surface area contributed by atoms with Crippen molar-refractivity contribution in [2.45, 2.75) is 25.3 Å². The van der Waals surface area contributed by atoms with Gasteiger partial charge < -0.3 is 15.3 Å². The molecule has 1 atom stereocenters. The second-order valence-corrected chi connectivity index (χ2v) is 5.29. The Morgan fingerprint density at radius 1 is 1.50 bits per heavy atom. The van der Waals surface area contributed by atoms with Gasteiger partial charge in [-0.25, -0.2) is 0 Å². The van der Waals surface area contributed by atoms with Gasteiger partial charge in [-0.15, -0.1) is 0 Å². The summed E-state index contributed by atoms with van der Waals surface area (Å²) in [5.74, 6) is 0. The maximum Gasteiger partial charge on any atom is 0.173 e. The summed E-state index contributed by atoms with van der Waals surface area (Å²) in [5, 5.41) is 13.9. The first-order valence-corrected chi connectivity index (χ1v) is 6.93. The average molecular weight is 285 g/mol. The second kappa shape index (κ2) is 6.36. The fourth-order valence-electron chi connectivity index (χ4n) is 2.22. The summed E-state index contributed by atoms with van der Waals surface area (Å²) >= 11 is 11.3. The number of aliphatic hydroxyl groups excluding tert-OH is 1. The Balaban J connectivity index is 2.02. The van der Waals surface area contributed by atoms with Crippen LogP contribution in [-0.2, 0) is 0 Å². The zero-order chi connectivity index (χ0) is 13.0. The van der Waals surface area contributed by atoms with Crippen LogP contribution in [0.1, 0.15) is 19.3 Å². The molecular weight excluding hydrogens is 268 g/mol. The number of piperidine rings is 1. The molecule has 2 rings (SSSR count). The van der Waals surface area contributed by atoms with Crippen molar-refractivity contribution in [2.75, 3.05) is 18.5 Å². The van der Waals surface area contributed by atoms with E-state index in [-0.39, 0.29) is 12.6 Å². The molecule has 5 heteroatoms. The van der Waals surface area contributed by atoms with Gasteiger partial charge in [-0.1, -0.05) is 17.7 Å². The average Bonchev–Trinajstić information content (AvgIpc) is 2.38. The first-order chi connectivity index (χ1) is 8.70. The van der Waals surface area contributed by atoms with Crippen LogP contribution >= 0.6 is 23.8 Å². The third kappa shape index (κ3) is 3.34. The Kier molecular flexibility index (Phi) is 4.80. The number of aliphatic hydroxyl groups is 1. The number of rotatable bonds is 2. The lowest BCUT2D eigenvalue weighted by atomic mass is 10.0. The van der Waals surface area contributed by atoms with E-state index >= 15 is 0 Å². The van der Waals surface area contributed by atoms with Crippen molar-refractivity contribution in [1.82, 2.24) is 4.90 Å². The summed E-state index contributed by atoms with van der Waals surface area (Å²) in [7, 11) is 0. The molecule has 1 aliphatic rings. The Hall–Kier alpha value is -0.840. The summed E-state index contributed by atoms with van der Waals surface area (Å²) in [6.45, 7) is 1.05. The van der Waals surface area contributed by atoms with Crippen molar-refractivity contribution >= 4 is 34.6 Å². The molecule has 0 bridgehead atoms. The molecule has 98 valence electrons. The van der Waals surface area contributed by atoms with Crippen molar-refractivity contribution in [2.24, 2.45) is 0 Å². The van der Waals surface area contributed by atoms with E-state index in [2.05, 4.69) is 10.2 Å². The lowest BCUT2D eigenvalue weighted by Gasteiger charge is -2.36. The highest BCUT2D eigenvalue weighted by molar-refractivity contribution is 7.80. The quantitative estimate of drug-likeness (QED) is 0.819. The molecule has 1 saturated heterocycles. The van der Waals surface area contributed by atoms with Crippen LogP contribution in [0.4, 0.5) is 5.69 Å². The smallest absolute Gasteiger partial charge is 0.173 e. The van der Waals surface area contributed by atoms with Crippen molar-refractivity contribution in [3.05, 3.63) is 29.3 Å². The lowest BCUT2D eigenvalue weighted by Crippen LogP contribution is -2.47. The van der Waals surface area contributed by atoms with Crippen molar-refractivity contribution in [3.63, 3.8) is 0 Å². The largest absolute Gasteiger partial charge is 0.394 e. The number of thiocarbonyl (C=S) groups is 1. The summed E-state index contributed by atoms with van der Waals surface area (Å²) in [5.41, 5.74) is 0.884. The minimum absolute atomic E-state index is 0.137. The molecule has 2 N–H and O–H groups in total. The molecule has 0 radical (unpaired) electrons. The predicted octanol–water partition coefficient (Wildman–Crippen LogP) is 2.88. The van der Waals surface area contributed by atoms with Gasteiger partial charge in [0.2, 0.25) is 0 Å². The number of likely N-dealkylation sites (tertiary alicyclic amines) is 1. The van der Waals surface area contributed by atoms with Gasteiger partial charge in [0.25, 0.3) is 0 Å². The Morgan fingerprint density at radius 3 is 3.06 bits per heavy atom. The zero-order valence-corrected chi connectivity index (χ0v) is 11.7. The minimum atomic E-state index is 0.137. The van der Waals surface area contributed by atoms with Crippen molar-refractivity contribution < 1.29 is 5.11 Å². The highest BCUT2D eigenvalue weighted by Gasteiger charge is 2.23. The minimum Gasteiger partial charge on any atom is -0.394 e. The lowest BCUT2D eigenvalue weighted by molar-refractivity contribution is 0.149. The predicted molar refractivity (Wildman–Crippen MR) is 79.1 cm³/mol. The molecule has 1 fully saturated rings. The summed E-state index contributed by atoms with van der Waals surface area (Å²) in [6.07, 6.45) is 3.27. The topological polar surface area (TPSA) is 35.5 Å². The van der Waals surface area contributed by atoms with E-state index < -0.39 is 0 Å². The molecule has 1 aromatic carbocycles. The molecule has 0 amide bonds. The number of hydrogen-bond acceptors (Lipinski definition) is 2. The van der Waals surface area contributed by atoms with Crippen LogP contribution < -0.4 is 5.32 Å². The second-order valence-electron chi connectivity index (χ2n) is 4.47. The van der Waals surface area contributed by atoms with Gasteiger partial charge in [0.1, 0.15) is 0 Å². The number of anilines is 1. The normalized spacial score (nSPS) is 19.7. The van der Waals surface area contributed by atoms with E-state index in [1.54, 1.807) is 0 Å². The Labute approximate surface area is 118 Å². The summed E-state index contributed by atoms with van der Waals surface area (Å²) in [6, 6.07) is 7.61. The number of halogens is 1. The van der Waals surface area contributed by atoms with Crippen LogP contribution in [0.2, 0.25) is 5.02 Å². The first-order valence-electron chi connectivity index (χ1n) is 6.15. The monoisotopic (exact) mass is 284 g/mol. The summed E-state index contributed by atoms with van der Waals surface area (Å²) in [4.78, 5) is 2.07. The van der Waals surface area contributed by atoms with Crippen LogP contribution in [0.15, 0.2) is 24.3 Å². The molecule has 0 saturated carbocycles. The maximum absolute atomic E-state index is 9.37. The van der Waals surface area contributed by atoms with Crippen LogP contribution in [0, 0.1) is 0 Å². The van der Waals surface area contributed by atoms with Gasteiger partial charge in [-0.05, 0) is 49.7 Å². The van der Waals surface area contributed by atoms with E-state index in [0.717, 1.165) is 31.5 Å². The molecule has 1 aliphatic heterocycles. The number of benzene rings is 1. The first kappa shape index (κ1) is 13.6. The molecule has 1 heterocycles. The van der Waals surface area contributed by atoms with Crippen molar-refractivity contribution in [1.29, 1.82) is 0 Å². The van der Waals surface area contributed by atoms with E-state index in [9.17, 15) is 5.11 Å². The molecule has 0 aliphatic carbocycles. The molecule has 18 heavy (non-hydrogen) atoms.